The van der Waals surface area contributed by atoms with Crippen molar-refractivity contribution in [1.29, 1.82) is 0 Å². The van der Waals surface area contributed by atoms with Crippen LogP contribution in [0.25, 0.3) is 0 Å². The van der Waals surface area contributed by atoms with Gasteiger partial charge in [-0.05, 0) is 31.7 Å². The van der Waals surface area contributed by atoms with Crippen molar-refractivity contribution >= 4 is 17.7 Å². The molecular formula is C14H20O3S. The van der Waals surface area contributed by atoms with E-state index in [9.17, 15) is 4.79 Å². The van der Waals surface area contributed by atoms with Crippen molar-refractivity contribution in [3.05, 3.63) is 23.2 Å². The normalized spacial score (nSPS) is 24.1. The Hall–Kier alpha value is -0.900. The lowest BCUT2D eigenvalue weighted by Crippen LogP contribution is -2.15. The van der Waals surface area contributed by atoms with E-state index in [1.165, 1.54) is 25.7 Å². The number of carboxylic acids is 1. The summed E-state index contributed by atoms with van der Waals surface area (Å²) in [6.07, 6.45) is 5.25. The van der Waals surface area contributed by atoms with Gasteiger partial charge in [0, 0.05) is 16.6 Å². The van der Waals surface area contributed by atoms with Crippen LogP contribution in [-0.4, -0.2) is 16.3 Å². The zero-order valence-corrected chi connectivity index (χ0v) is 11.8. The molecule has 0 amide bonds. The van der Waals surface area contributed by atoms with E-state index in [1.807, 2.05) is 18.7 Å². The first-order chi connectivity index (χ1) is 8.56. The summed E-state index contributed by atoms with van der Waals surface area (Å²) in [6, 6.07) is 1.66. The quantitative estimate of drug-likeness (QED) is 0.893. The van der Waals surface area contributed by atoms with Crippen LogP contribution < -0.4 is 0 Å². The number of rotatable bonds is 4. The molecule has 1 aliphatic rings. The first kappa shape index (κ1) is 13.5. The van der Waals surface area contributed by atoms with Crippen molar-refractivity contribution in [2.75, 3.05) is 0 Å². The monoisotopic (exact) mass is 268 g/mol. The van der Waals surface area contributed by atoms with E-state index in [1.54, 1.807) is 6.07 Å². The largest absolute Gasteiger partial charge is 0.475 e. The molecule has 2 rings (SSSR count). The molecule has 1 fully saturated rings. The van der Waals surface area contributed by atoms with E-state index in [2.05, 4.69) is 6.92 Å². The highest BCUT2D eigenvalue weighted by atomic mass is 32.2. The highest BCUT2D eigenvalue weighted by Crippen LogP contribution is 2.34. The summed E-state index contributed by atoms with van der Waals surface area (Å²) in [6.45, 7) is 4.16. The fourth-order valence-electron chi connectivity index (χ4n) is 2.51. The molecule has 100 valence electrons. The number of hydrogen-bond donors (Lipinski definition) is 1. The molecule has 18 heavy (non-hydrogen) atoms. The number of aryl methyl sites for hydroxylation is 1. The SMILES string of the molecule is Cc1oc(C(=O)O)cc1CSC1CCCC(C)C1. The average Bonchev–Trinajstić information content (AvgIpc) is 2.68. The smallest absolute Gasteiger partial charge is 0.371 e. The zero-order chi connectivity index (χ0) is 13.1. The lowest BCUT2D eigenvalue weighted by molar-refractivity contribution is 0.0661. The van der Waals surface area contributed by atoms with Crippen LogP contribution in [0, 0.1) is 12.8 Å². The van der Waals surface area contributed by atoms with Gasteiger partial charge < -0.3 is 9.52 Å². The fourth-order valence-corrected chi connectivity index (χ4v) is 4.01. The molecule has 0 aliphatic heterocycles. The third-order valence-corrected chi connectivity index (χ3v) is 4.97. The highest BCUT2D eigenvalue weighted by Gasteiger charge is 2.20. The van der Waals surface area contributed by atoms with Crippen LogP contribution in [0.5, 0.6) is 0 Å². The minimum atomic E-state index is -0.986. The third kappa shape index (κ3) is 3.31. The number of aromatic carboxylic acids is 1. The molecule has 1 saturated carbocycles. The van der Waals surface area contributed by atoms with E-state index in [4.69, 9.17) is 9.52 Å². The molecule has 1 aliphatic carbocycles. The minimum absolute atomic E-state index is 0.0557. The Morgan fingerprint density at radius 2 is 2.33 bits per heavy atom. The van der Waals surface area contributed by atoms with E-state index < -0.39 is 5.97 Å². The molecule has 1 aromatic rings. The van der Waals surface area contributed by atoms with Crippen LogP contribution in [0.4, 0.5) is 0 Å². The Balaban J connectivity index is 1.91. The van der Waals surface area contributed by atoms with Crippen molar-refractivity contribution in [3.8, 4) is 0 Å². The first-order valence-corrected chi connectivity index (χ1v) is 7.55. The number of carbonyl (C=O) groups is 1. The summed E-state index contributed by atoms with van der Waals surface area (Å²) in [5.74, 6) is 1.50. The van der Waals surface area contributed by atoms with Crippen LogP contribution in [0.2, 0.25) is 0 Å². The third-order valence-electron chi connectivity index (χ3n) is 3.59. The molecular weight excluding hydrogens is 248 g/mol. The van der Waals surface area contributed by atoms with Gasteiger partial charge in [0.1, 0.15) is 5.76 Å². The number of hydrogen-bond acceptors (Lipinski definition) is 3. The van der Waals surface area contributed by atoms with Gasteiger partial charge in [-0.25, -0.2) is 4.79 Å². The van der Waals surface area contributed by atoms with Crippen LogP contribution in [0.3, 0.4) is 0 Å². The van der Waals surface area contributed by atoms with Crippen molar-refractivity contribution in [3.63, 3.8) is 0 Å². The molecule has 0 radical (unpaired) electrons. The van der Waals surface area contributed by atoms with Crippen molar-refractivity contribution in [2.24, 2.45) is 5.92 Å². The van der Waals surface area contributed by atoms with Crippen molar-refractivity contribution in [2.45, 2.75) is 50.5 Å². The molecule has 2 unspecified atom stereocenters. The fraction of sp³-hybridized carbons (Fsp3) is 0.643. The maximum atomic E-state index is 10.8. The van der Waals surface area contributed by atoms with E-state index >= 15 is 0 Å². The first-order valence-electron chi connectivity index (χ1n) is 6.50. The summed E-state index contributed by atoms with van der Waals surface area (Å²) in [5.41, 5.74) is 1.02. The topological polar surface area (TPSA) is 50.4 Å². The Bertz CT molecular complexity index is 425. The zero-order valence-electron chi connectivity index (χ0n) is 10.9. The van der Waals surface area contributed by atoms with Crippen molar-refractivity contribution in [1.82, 2.24) is 0 Å². The molecule has 1 heterocycles. The summed E-state index contributed by atoms with van der Waals surface area (Å²) in [7, 11) is 0. The molecule has 2 atom stereocenters. The predicted octanol–water partition coefficient (Wildman–Crippen LogP) is 4.10. The van der Waals surface area contributed by atoms with Gasteiger partial charge in [0.15, 0.2) is 0 Å². The number of thioether (sulfide) groups is 1. The standard InChI is InChI=1S/C14H20O3S/c1-9-4-3-5-12(6-9)18-8-11-7-13(14(15)16)17-10(11)2/h7,9,12H,3-6,8H2,1-2H3,(H,15,16). The lowest BCUT2D eigenvalue weighted by atomic mass is 9.91. The van der Waals surface area contributed by atoms with Gasteiger partial charge in [-0.3, -0.25) is 0 Å². The van der Waals surface area contributed by atoms with Gasteiger partial charge in [-0.2, -0.15) is 11.8 Å². The minimum Gasteiger partial charge on any atom is -0.475 e. The summed E-state index contributed by atoms with van der Waals surface area (Å²) in [4.78, 5) is 10.8. The Kier molecular flexibility index (Phi) is 4.38. The predicted molar refractivity (Wildman–Crippen MR) is 73.1 cm³/mol. The van der Waals surface area contributed by atoms with Crippen LogP contribution in [0.15, 0.2) is 10.5 Å². The Morgan fingerprint density at radius 1 is 1.56 bits per heavy atom. The van der Waals surface area contributed by atoms with Gasteiger partial charge in [0.05, 0.1) is 0 Å². The molecule has 4 heteroatoms. The highest BCUT2D eigenvalue weighted by molar-refractivity contribution is 7.99. The van der Waals surface area contributed by atoms with Gasteiger partial charge >= 0.3 is 5.97 Å². The number of furan rings is 1. The second-order valence-electron chi connectivity index (χ2n) is 5.20. The maximum absolute atomic E-state index is 10.8. The van der Waals surface area contributed by atoms with E-state index in [0.29, 0.717) is 0 Å². The van der Waals surface area contributed by atoms with Gasteiger partial charge in [0.25, 0.3) is 0 Å². The molecule has 0 bridgehead atoms. The molecule has 0 spiro atoms. The summed E-state index contributed by atoms with van der Waals surface area (Å²) < 4.78 is 5.22. The van der Waals surface area contributed by atoms with Gasteiger partial charge in [0.2, 0.25) is 5.76 Å². The average molecular weight is 268 g/mol. The second kappa shape index (κ2) is 5.83. The molecule has 0 aromatic carbocycles. The molecule has 0 saturated heterocycles. The van der Waals surface area contributed by atoms with E-state index in [0.717, 1.165) is 28.2 Å². The Morgan fingerprint density at radius 3 is 2.94 bits per heavy atom. The second-order valence-corrected chi connectivity index (χ2v) is 6.49. The summed E-state index contributed by atoms with van der Waals surface area (Å²) >= 11 is 1.94. The number of carboxylic acid groups (broad SMARTS) is 1. The van der Waals surface area contributed by atoms with Crippen molar-refractivity contribution < 1.29 is 14.3 Å². The molecule has 1 N–H and O–H groups in total. The molecule has 3 nitrogen and oxygen atoms in total. The van der Waals surface area contributed by atoms with Crippen LogP contribution in [-0.2, 0) is 5.75 Å². The maximum Gasteiger partial charge on any atom is 0.371 e. The van der Waals surface area contributed by atoms with E-state index in [-0.39, 0.29) is 5.76 Å². The Labute approximate surface area is 112 Å². The van der Waals surface area contributed by atoms with Gasteiger partial charge in [-0.15, -0.1) is 0 Å². The van der Waals surface area contributed by atoms with Gasteiger partial charge in [-0.1, -0.05) is 19.8 Å². The summed E-state index contributed by atoms with van der Waals surface area (Å²) in [5, 5.41) is 9.59. The van der Waals surface area contributed by atoms with Crippen LogP contribution >= 0.6 is 11.8 Å². The molecule has 1 aromatic heterocycles. The lowest BCUT2D eigenvalue weighted by Gasteiger charge is -2.26. The van der Waals surface area contributed by atoms with Crippen LogP contribution in [0.1, 0.15) is 54.5 Å².